The van der Waals surface area contributed by atoms with Crippen molar-refractivity contribution < 1.29 is 23.1 Å². The van der Waals surface area contributed by atoms with Crippen LogP contribution in [0.3, 0.4) is 0 Å². The van der Waals surface area contributed by atoms with Gasteiger partial charge < -0.3 is 5.11 Å². The van der Waals surface area contributed by atoms with Gasteiger partial charge in [0.2, 0.25) is 0 Å². The Morgan fingerprint density at radius 3 is 2.32 bits per heavy atom. The molecule has 1 atom stereocenters. The molecule has 0 bridgehead atoms. The van der Waals surface area contributed by atoms with E-state index in [0.29, 0.717) is 6.42 Å². The quantitative estimate of drug-likeness (QED) is 0.713. The Morgan fingerprint density at radius 1 is 1.37 bits per heavy atom. The van der Waals surface area contributed by atoms with Crippen LogP contribution in [-0.4, -0.2) is 53.4 Å². The average molecular weight is 282 g/mol. The highest BCUT2D eigenvalue weighted by Gasteiger charge is 2.41. The summed E-state index contributed by atoms with van der Waals surface area (Å²) in [7, 11) is 0. The zero-order valence-electron chi connectivity index (χ0n) is 11.3. The van der Waals surface area contributed by atoms with E-state index in [9.17, 15) is 23.1 Å². The highest BCUT2D eigenvalue weighted by Crippen LogP contribution is 2.24. The molecule has 1 saturated carbocycles. The largest absolute Gasteiger partial charge is 0.480 e. The maximum Gasteiger partial charge on any atom is 0.401 e. The fourth-order valence-electron chi connectivity index (χ4n) is 2.08. The van der Waals surface area contributed by atoms with Crippen molar-refractivity contribution in [3.05, 3.63) is 0 Å². The summed E-state index contributed by atoms with van der Waals surface area (Å²) >= 11 is 0. The molecule has 0 radical (unpaired) electrons. The number of rotatable bonds is 8. The number of carboxylic acid groups (broad SMARTS) is 1. The van der Waals surface area contributed by atoms with Gasteiger partial charge >= 0.3 is 12.1 Å². The van der Waals surface area contributed by atoms with Crippen molar-refractivity contribution >= 4 is 5.97 Å². The van der Waals surface area contributed by atoms with Crippen LogP contribution in [0.15, 0.2) is 0 Å². The van der Waals surface area contributed by atoms with Gasteiger partial charge in [-0.05, 0) is 32.7 Å². The van der Waals surface area contributed by atoms with E-state index in [0.717, 1.165) is 17.7 Å². The van der Waals surface area contributed by atoms with Gasteiger partial charge in [0.25, 0.3) is 0 Å². The second kappa shape index (κ2) is 6.09. The normalized spacial score (nSPS) is 19.5. The van der Waals surface area contributed by atoms with Gasteiger partial charge in [-0.15, -0.1) is 0 Å². The number of hydrogen-bond acceptors (Lipinski definition) is 3. The molecule has 112 valence electrons. The predicted octanol–water partition coefficient (Wildman–Crippen LogP) is 1.86. The lowest BCUT2D eigenvalue weighted by Crippen LogP contribution is -2.58. The molecule has 0 aromatic carbocycles. The van der Waals surface area contributed by atoms with Crippen LogP contribution in [0.25, 0.3) is 0 Å². The molecule has 4 nitrogen and oxygen atoms in total. The number of nitrogens with one attached hydrogen (secondary N) is 1. The van der Waals surface area contributed by atoms with Crippen LogP contribution >= 0.6 is 0 Å². The van der Waals surface area contributed by atoms with Gasteiger partial charge in [0, 0.05) is 12.6 Å². The maximum atomic E-state index is 12.5. The summed E-state index contributed by atoms with van der Waals surface area (Å²) in [5.41, 5.74) is -1.33. The van der Waals surface area contributed by atoms with Gasteiger partial charge in [0.15, 0.2) is 0 Å². The molecule has 0 aromatic rings. The van der Waals surface area contributed by atoms with Crippen molar-refractivity contribution in [3.63, 3.8) is 0 Å². The van der Waals surface area contributed by atoms with Gasteiger partial charge in [-0.1, -0.05) is 6.92 Å². The summed E-state index contributed by atoms with van der Waals surface area (Å²) < 4.78 is 37.4. The molecule has 1 unspecified atom stereocenters. The smallest absolute Gasteiger partial charge is 0.401 e. The minimum atomic E-state index is -4.31. The third-order valence-corrected chi connectivity index (χ3v) is 3.05. The Bertz CT molecular complexity index is 319. The lowest BCUT2D eigenvalue weighted by atomic mass is 10.0. The van der Waals surface area contributed by atoms with E-state index in [4.69, 9.17) is 0 Å². The Morgan fingerprint density at radius 2 is 1.95 bits per heavy atom. The molecule has 0 aromatic heterocycles. The number of carbonyl (C=O) groups is 1. The van der Waals surface area contributed by atoms with Crippen molar-refractivity contribution in [3.8, 4) is 0 Å². The van der Waals surface area contributed by atoms with Crippen molar-refractivity contribution in [1.82, 2.24) is 10.2 Å². The fraction of sp³-hybridized carbons (Fsp3) is 0.917. The minimum absolute atomic E-state index is 0.121. The molecule has 0 heterocycles. The monoisotopic (exact) mass is 282 g/mol. The van der Waals surface area contributed by atoms with Crippen molar-refractivity contribution in [1.29, 1.82) is 0 Å². The third kappa shape index (κ3) is 5.78. The number of halogens is 3. The highest BCUT2D eigenvalue weighted by molar-refractivity contribution is 5.78. The van der Waals surface area contributed by atoms with E-state index >= 15 is 0 Å². The molecule has 0 amide bonds. The molecular weight excluding hydrogens is 261 g/mol. The van der Waals surface area contributed by atoms with Gasteiger partial charge in [-0.25, -0.2) is 0 Å². The topological polar surface area (TPSA) is 52.6 Å². The van der Waals surface area contributed by atoms with Gasteiger partial charge in [-0.3, -0.25) is 15.0 Å². The van der Waals surface area contributed by atoms with Crippen molar-refractivity contribution in [2.75, 3.05) is 19.6 Å². The molecular formula is C12H21F3N2O2. The van der Waals surface area contributed by atoms with E-state index in [1.807, 2.05) is 0 Å². The summed E-state index contributed by atoms with van der Waals surface area (Å²) in [4.78, 5) is 12.5. The summed E-state index contributed by atoms with van der Waals surface area (Å²) in [6.07, 6.45) is -1.99. The molecule has 0 aliphatic heterocycles. The van der Waals surface area contributed by atoms with Crippen LogP contribution in [0.1, 0.15) is 33.1 Å². The second-order valence-corrected chi connectivity index (χ2v) is 5.38. The summed E-state index contributed by atoms with van der Waals surface area (Å²) in [5.74, 6) is -1.11. The van der Waals surface area contributed by atoms with Gasteiger partial charge in [0.1, 0.15) is 5.54 Å². The lowest BCUT2D eigenvalue weighted by molar-refractivity contribution is -0.156. The molecule has 2 N–H and O–H groups in total. The van der Waals surface area contributed by atoms with E-state index in [2.05, 4.69) is 5.32 Å². The van der Waals surface area contributed by atoms with Crippen molar-refractivity contribution in [2.24, 2.45) is 0 Å². The zero-order valence-corrected chi connectivity index (χ0v) is 11.3. The number of hydrogen-bond donors (Lipinski definition) is 2. The zero-order chi connectivity index (χ0) is 14.7. The SMILES string of the molecule is CCCN(CC(F)(F)F)CC(C)(NC1CC1)C(=O)O. The number of aliphatic carboxylic acids is 1. The van der Waals surface area contributed by atoms with Crippen LogP contribution in [0.5, 0.6) is 0 Å². The van der Waals surface area contributed by atoms with E-state index in [1.54, 1.807) is 6.92 Å². The van der Waals surface area contributed by atoms with Crippen LogP contribution < -0.4 is 5.32 Å². The molecule has 1 aliphatic rings. The lowest BCUT2D eigenvalue weighted by Gasteiger charge is -2.33. The number of nitrogens with zero attached hydrogens (tertiary/aromatic N) is 1. The molecule has 0 saturated heterocycles. The predicted molar refractivity (Wildman–Crippen MR) is 65.0 cm³/mol. The molecule has 7 heteroatoms. The van der Waals surface area contributed by atoms with Gasteiger partial charge in [0.05, 0.1) is 6.54 Å². The maximum absolute atomic E-state index is 12.5. The Labute approximate surface area is 111 Å². The standard InChI is InChI=1S/C12H21F3N2O2/c1-3-6-17(8-12(13,14)15)7-11(2,10(18)19)16-9-4-5-9/h9,16H,3-8H2,1-2H3,(H,18,19). The van der Waals surface area contributed by atoms with E-state index < -0.39 is 24.2 Å². The van der Waals surface area contributed by atoms with Crippen LogP contribution in [0.4, 0.5) is 13.2 Å². The second-order valence-electron chi connectivity index (χ2n) is 5.38. The molecule has 1 fully saturated rings. The average Bonchev–Trinajstić information content (AvgIpc) is 2.98. The summed E-state index contributed by atoms with van der Waals surface area (Å²) in [6.45, 7) is 2.24. The molecule has 0 spiro atoms. The minimum Gasteiger partial charge on any atom is -0.480 e. The van der Waals surface area contributed by atoms with Crippen LogP contribution in [0, 0.1) is 0 Å². The Kier molecular flexibility index (Phi) is 5.20. The Balaban J connectivity index is 2.68. The van der Waals surface area contributed by atoms with Gasteiger partial charge in [-0.2, -0.15) is 13.2 Å². The van der Waals surface area contributed by atoms with E-state index in [-0.39, 0.29) is 19.1 Å². The Hall–Kier alpha value is -0.820. The molecule has 1 aliphatic carbocycles. The highest BCUT2D eigenvalue weighted by atomic mass is 19.4. The van der Waals surface area contributed by atoms with Crippen LogP contribution in [0.2, 0.25) is 0 Å². The molecule has 1 rings (SSSR count). The van der Waals surface area contributed by atoms with Crippen LogP contribution in [-0.2, 0) is 4.79 Å². The summed E-state index contributed by atoms with van der Waals surface area (Å²) in [5, 5.41) is 12.2. The van der Waals surface area contributed by atoms with E-state index in [1.165, 1.54) is 6.92 Å². The number of carboxylic acids is 1. The number of alkyl halides is 3. The fourth-order valence-corrected chi connectivity index (χ4v) is 2.08. The third-order valence-electron chi connectivity index (χ3n) is 3.05. The summed E-state index contributed by atoms with van der Waals surface area (Å²) in [6, 6.07) is 0.121. The molecule has 19 heavy (non-hydrogen) atoms. The van der Waals surface area contributed by atoms with Crippen molar-refractivity contribution in [2.45, 2.75) is 50.9 Å². The first kappa shape index (κ1) is 16.2. The first-order chi connectivity index (χ1) is 8.66. The first-order valence-corrected chi connectivity index (χ1v) is 6.46. The first-order valence-electron chi connectivity index (χ1n) is 6.46.